The minimum absolute atomic E-state index is 0.0159. The number of hydrogen-bond acceptors (Lipinski definition) is 7. The zero-order valence-electron chi connectivity index (χ0n) is 19.2. The first-order chi connectivity index (χ1) is 17.2. The van der Waals surface area contributed by atoms with E-state index in [1.165, 1.54) is 18.1 Å². The minimum atomic E-state index is -2.01. The van der Waals surface area contributed by atoms with Crippen molar-refractivity contribution < 1.29 is 19.4 Å². The van der Waals surface area contributed by atoms with Crippen LogP contribution < -0.4 is 5.32 Å². The van der Waals surface area contributed by atoms with Crippen LogP contribution in [-0.2, 0) is 27.4 Å². The lowest BCUT2D eigenvalue weighted by molar-refractivity contribution is -0.268. The number of thioether (sulfide) groups is 1. The standard InChI is InChI=1S/C24H25Cl3N4O4S/c1-14-19(12-36-23-29-13-30-31-23)34-21(35-20(14)17-6-4-16(11-32)5-7-17)18-8-2-15(3-9-18)10-28-22(33)24(25,26)27/h2-9,13-14,19-21,32H,10-12H2,1H3,(H,28,33)(H,29,30,31)/t14-,19+,20+,21+/m1/s1. The maximum absolute atomic E-state index is 11.8. The third-order valence-electron chi connectivity index (χ3n) is 5.86. The Morgan fingerprint density at radius 1 is 1.08 bits per heavy atom. The number of amides is 1. The lowest BCUT2D eigenvalue weighted by atomic mass is 9.91. The zero-order chi connectivity index (χ0) is 25.7. The van der Waals surface area contributed by atoms with Gasteiger partial charge in [-0.2, -0.15) is 5.10 Å². The number of hydrogen-bond donors (Lipinski definition) is 3. The Morgan fingerprint density at radius 2 is 1.75 bits per heavy atom. The van der Waals surface area contributed by atoms with E-state index in [0.717, 1.165) is 27.4 Å². The molecule has 4 rings (SSSR count). The summed E-state index contributed by atoms with van der Waals surface area (Å²) >= 11 is 18.3. The van der Waals surface area contributed by atoms with Crippen molar-refractivity contribution in [3.8, 4) is 0 Å². The average Bonchev–Trinajstić information content (AvgIpc) is 3.40. The highest BCUT2D eigenvalue weighted by Gasteiger charge is 2.38. The van der Waals surface area contributed by atoms with Gasteiger partial charge in [-0.05, 0) is 16.7 Å². The van der Waals surface area contributed by atoms with E-state index in [4.69, 9.17) is 44.3 Å². The summed E-state index contributed by atoms with van der Waals surface area (Å²) in [5.41, 5.74) is 3.52. The number of ether oxygens (including phenoxy) is 2. The van der Waals surface area contributed by atoms with Gasteiger partial charge in [0, 0.05) is 23.8 Å². The van der Waals surface area contributed by atoms with Gasteiger partial charge in [0.1, 0.15) is 6.33 Å². The number of alkyl halides is 3. The normalized spacial score (nSPS) is 22.4. The van der Waals surface area contributed by atoms with Gasteiger partial charge in [0.2, 0.25) is 0 Å². The van der Waals surface area contributed by atoms with Gasteiger partial charge in [-0.15, -0.1) is 0 Å². The third kappa shape index (κ3) is 6.92. The number of carbonyl (C=O) groups excluding carboxylic acids is 1. The Labute approximate surface area is 228 Å². The number of aliphatic hydroxyl groups is 1. The largest absolute Gasteiger partial charge is 0.392 e. The fourth-order valence-corrected chi connectivity index (χ4v) is 4.95. The molecule has 0 aliphatic carbocycles. The van der Waals surface area contributed by atoms with Gasteiger partial charge in [-0.1, -0.05) is 102 Å². The van der Waals surface area contributed by atoms with Crippen molar-refractivity contribution >= 4 is 52.5 Å². The van der Waals surface area contributed by atoms with Crippen LogP contribution in [-0.4, -0.2) is 41.8 Å². The zero-order valence-corrected chi connectivity index (χ0v) is 22.3. The number of aliphatic hydroxyl groups excluding tert-OH is 1. The maximum atomic E-state index is 11.8. The number of nitrogens with one attached hydrogen (secondary N) is 2. The van der Waals surface area contributed by atoms with E-state index in [1.54, 1.807) is 0 Å². The number of halogens is 3. The molecule has 1 aromatic heterocycles. The van der Waals surface area contributed by atoms with Gasteiger partial charge in [-0.25, -0.2) is 4.98 Å². The van der Waals surface area contributed by atoms with Crippen LogP contribution in [0.5, 0.6) is 0 Å². The van der Waals surface area contributed by atoms with Crippen LogP contribution in [0.25, 0.3) is 0 Å². The molecule has 0 bridgehead atoms. The van der Waals surface area contributed by atoms with Crippen LogP contribution in [0.3, 0.4) is 0 Å². The molecule has 4 atom stereocenters. The number of aromatic amines is 1. The monoisotopic (exact) mass is 570 g/mol. The van der Waals surface area contributed by atoms with Gasteiger partial charge in [0.05, 0.1) is 18.8 Å². The molecule has 1 aliphatic rings. The second-order valence-electron chi connectivity index (χ2n) is 8.35. The summed E-state index contributed by atoms with van der Waals surface area (Å²) in [6.07, 6.45) is 0.515. The third-order valence-corrected chi connectivity index (χ3v) is 7.34. The molecule has 1 fully saturated rings. The average molecular weight is 572 g/mol. The maximum Gasteiger partial charge on any atom is 0.272 e. The van der Waals surface area contributed by atoms with Crippen LogP contribution in [0.15, 0.2) is 60.0 Å². The molecule has 8 nitrogen and oxygen atoms in total. The highest BCUT2D eigenvalue weighted by atomic mass is 35.6. The van der Waals surface area contributed by atoms with Crippen LogP contribution in [0, 0.1) is 5.92 Å². The second kappa shape index (κ2) is 12.1. The van der Waals surface area contributed by atoms with Crippen molar-refractivity contribution in [1.29, 1.82) is 0 Å². The molecule has 1 aliphatic heterocycles. The number of benzene rings is 2. The molecule has 2 aromatic carbocycles. The first-order valence-corrected chi connectivity index (χ1v) is 13.3. The molecule has 3 N–H and O–H groups in total. The molecular weight excluding hydrogens is 547 g/mol. The number of carbonyl (C=O) groups is 1. The molecule has 12 heteroatoms. The molecular formula is C24H25Cl3N4O4S. The van der Waals surface area contributed by atoms with Crippen LogP contribution in [0.2, 0.25) is 0 Å². The van der Waals surface area contributed by atoms with E-state index in [-0.39, 0.29) is 31.3 Å². The molecule has 3 aromatic rings. The van der Waals surface area contributed by atoms with Gasteiger partial charge in [-0.3, -0.25) is 9.89 Å². The van der Waals surface area contributed by atoms with E-state index in [2.05, 4.69) is 27.4 Å². The fraction of sp³-hybridized carbons (Fsp3) is 0.375. The Balaban J connectivity index is 1.50. The van der Waals surface area contributed by atoms with E-state index >= 15 is 0 Å². The summed E-state index contributed by atoms with van der Waals surface area (Å²) in [6, 6.07) is 15.3. The molecule has 1 saturated heterocycles. The number of nitrogens with zero attached hydrogens (tertiary/aromatic N) is 2. The molecule has 0 spiro atoms. The fourth-order valence-electron chi connectivity index (χ4n) is 3.81. The number of aromatic nitrogens is 3. The lowest BCUT2D eigenvalue weighted by Crippen LogP contribution is -2.38. The summed E-state index contributed by atoms with van der Waals surface area (Å²) in [5, 5.41) is 19.5. The molecule has 0 unspecified atom stereocenters. The molecule has 0 saturated carbocycles. The number of H-pyrrole nitrogens is 1. The molecule has 2 heterocycles. The van der Waals surface area contributed by atoms with Crippen LogP contribution in [0.1, 0.15) is 41.6 Å². The topological polar surface area (TPSA) is 109 Å². The quantitative estimate of drug-likeness (QED) is 0.261. The Bertz CT molecular complexity index is 1130. The van der Waals surface area contributed by atoms with Gasteiger partial charge in [0.15, 0.2) is 11.4 Å². The Morgan fingerprint density at radius 3 is 2.36 bits per heavy atom. The molecule has 0 radical (unpaired) electrons. The minimum Gasteiger partial charge on any atom is -0.392 e. The summed E-state index contributed by atoms with van der Waals surface area (Å²) in [5.74, 6) is 0.0162. The summed E-state index contributed by atoms with van der Waals surface area (Å²) in [4.78, 5) is 16.0. The van der Waals surface area contributed by atoms with Crippen molar-refractivity contribution in [2.45, 2.75) is 47.5 Å². The predicted molar refractivity (Wildman–Crippen MR) is 139 cm³/mol. The number of rotatable bonds is 8. The van der Waals surface area contributed by atoms with E-state index in [0.29, 0.717) is 5.75 Å². The summed E-state index contributed by atoms with van der Waals surface area (Å²) in [6.45, 7) is 2.30. The highest BCUT2D eigenvalue weighted by molar-refractivity contribution is 7.99. The molecule has 36 heavy (non-hydrogen) atoms. The van der Waals surface area contributed by atoms with Crippen LogP contribution in [0.4, 0.5) is 0 Å². The summed E-state index contributed by atoms with van der Waals surface area (Å²) < 4.78 is 10.8. The van der Waals surface area contributed by atoms with Gasteiger partial charge >= 0.3 is 0 Å². The highest BCUT2D eigenvalue weighted by Crippen LogP contribution is 2.42. The van der Waals surface area contributed by atoms with Crippen molar-refractivity contribution in [1.82, 2.24) is 20.5 Å². The Kier molecular flexibility index (Phi) is 9.16. The summed E-state index contributed by atoms with van der Waals surface area (Å²) in [7, 11) is 0. The van der Waals surface area contributed by atoms with E-state index in [1.807, 2.05) is 48.5 Å². The van der Waals surface area contributed by atoms with Crippen LogP contribution >= 0.6 is 46.6 Å². The smallest absolute Gasteiger partial charge is 0.272 e. The van der Waals surface area contributed by atoms with Crippen molar-refractivity contribution in [3.05, 3.63) is 77.1 Å². The second-order valence-corrected chi connectivity index (χ2v) is 11.6. The Hall–Kier alpha value is -1.85. The van der Waals surface area contributed by atoms with Crippen molar-refractivity contribution in [2.24, 2.45) is 5.92 Å². The van der Waals surface area contributed by atoms with Crippen molar-refractivity contribution in [2.75, 3.05) is 5.75 Å². The van der Waals surface area contributed by atoms with Gasteiger partial charge < -0.3 is 19.9 Å². The van der Waals surface area contributed by atoms with E-state index in [9.17, 15) is 9.90 Å². The molecule has 192 valence electrons. The van der Waals surface area contributed by atoms with Gasteiger partial charge in [0.25, 0.3) is 9.70 Å². The first kappa shape index (κ1) is 27.2. The lowest BCUT2D eigenvalue weighted by Gasteiger charge is -2.41. The molecule has 1 amide bonds. The SMILES string of the molecule is C[C@@H]1[C@H](CSc2ncn[nH]2)O[C@H](c2ccc(CNC(=O)C(Cl)(Cl)Cl)cc2)O[C@@H]1c1ccc(CO)cc1. The first-order valence-electron chi connectivity index (χ1n) is 11.2. The van der Waals surface area contributed by atoms with E-state index < -0.39 is 16.0 Å². The predicted octanol–water partition coefficient (Wildman–Crippen LogP) is 4.87. The van der Waals surface area contributed by atoms with Crippen molar-refractivity contribution in [3.63, 3.8) is 0 Å².